The Morgan fingerprint density at radius 1 is 1.46 bits per heavy atom. The topological polar surface area (TPSA) is 35.2 Å². The molecule has 0 radical (unpaired) electrons. The van der Waals surface area contributed by atoms with Crippen LogP contribution in [0.5, 0.6) is 0 Å². The van der Waals surface area contributed by atoms with E-state index in [2.05, 4.69) is 6.07 Å². The molecule has 0 bridgehead atoms. The summed E-state index contributed by atoms with van der Waals surface area (Å²) in [5.41, 5.74) is 7.71. The third-order valence-corrected chi connectivity index (χ3v) is 2.76. The van der Waals surface area contributed by atoms with E-state index in [4.69, 9.17) is 10.5 Å². The first-order valence-corrected chi connectivity index (χ1v) is 5.20. The van der Waals surface area contributed by atoms with Gasteiger partial charge < -0.3 is 10.5 Å². The molecule has 1 aromatic rings. The number of anilines is 1. The zero-order valence-corrected chi connectivity index (χ0v) is 8.86. The van der Waals surface area contributed by atoms with Crippen molar-refractivity contribution >= 4 is 17.4 Å². The highest BCUT2D eigenvalue weighted by molar-refractivity contribution is 7.99. The Morgan fingerprint density at radius 2 is 2.23 bits per heavy atom. The molecule has 0 aromatic heterocycles. The van der Waals surface area contributed by atoms with Crippen molar-refractivity contribution in [2.24, 2.45) is 0 Å². The van der Waals surface area contributed by atoms with Crippen molar-refractivity contribution in [3.05, 3.63) is 23.8 Å². The van der Waals surface area contributed by atoms with Gasteiger partial charge in [-0.25, -0.2) is 0 Å². The molecule has 0 saturated heterocycles. The Hall–Kier alpha value is -0.670. The molecule has 2 N–H and O–H groups in total. The van der Waals surface area contributed by atoms with Crippen molar-refractivity contribution in [1.82, 2.24) is 0 Å². The van der Waals surface area contributed by atoms with Gasteiger partial charge in [0.25, 0.3) is 0 Å². The van der Waals surface area contributed by atoms with Gasteiger partial charge in [0, 0.05) is 23.4 Å². The number of thioether (sulfide) groups is 1. The fraction of sp³-hybridized carbons (Fsp3) is 0.400. The van der Waals surface area contributed by atoms with Crippen LogP contribution in [0, 0.1) is 6.92 Å². The van der Waals surface area contributed by atoms with E-state index in [-0.39, 0.29) is 0 Å². The predicted molar refractivity (Wildman–Crippen MR) is 58.2 cm³/mol. The molecule has 0 atom stereocenters. The lowest BCUT2D eigenvalue weighted by Gasteiger charge is -2.04. The summed E-state index contributed by atoms with van der Waals surface area (Å²) in [6.45, 7) is 2.81. The summed E-state index contributed by atoms with van der Waals surface area (Å²) in [6.07, 6.45) is 0. The number of hydrogen-bond acceptors (Lipinski definition) is 3. The Morgan fingerprint density at radius 3 is 2.85 bits per heavy atom. The third-order valence-electron chi connectivity index (χ3n) is 1.80. The summed E-state index contributed by atoms with van der Waals surface area (Å²) in [5.74, 6) is 0.986. The van der Waals surface area contributed by atoms with Gasteiger partial charge in [-0.05, 0) is 30.7 Å². The Kier molecular flexibility index (Phi) is 4.12. The van der Waals surface area contributed by atoms with Crippen molar-refractivity contribution in [2.75, 3.05) is 25.2 Å². The van der Waals surface area contributed by atoms with E-state index in [1.54, 1.807) is 18.9 Å². The van der Waals surface area contributed by atoms with E-state index >= 15 is 0 Å². The molecule has 3 heteroatoms. The highest BCUT2D eigenvalue weighted by Gasteiger charge is 1.96. The molecular weight excluding hydrogens is 182 g/mol. The molecule has 0 aliphatic rings. The molecule has 0 saturated carbocycles. The van der Waals surface area contributed by atoms with Crippen LogP contribution in [0.4, 0.5) is 5.69 Å². The zero-order valence-electron chi connectivity index (χ0n) is 8.04. The number of aryl methyl sites for hydroxylation is 1. The minimum absolute atomic E-state index is 0.786. The monoisotopic (exact) mass is 197 g/mol. The van der Waals surface area contributed by atoms with Crippen LogP contribution in [0.25, 0.3) is 0 Å². The molecule has 0 amide bonds. The Labute approximate surface area is 83.5 Å². The number of nitrogens with two attached hydrogens (primary N) is 1. The zero-order chi connectivity index (χ0) is 9.68. The molecule has 1 aromatic carbocycles. The van der Waals surface area contributed by atoms with Gasteiger partial charge in [0.1, 0.15) is 0 Å². The van der Waals surface area contributed by atoms with Crippen LogP contribution >= 0.6 is 11.8 Å². The van der Waals surface area contributed by atoms with E-state index in [1.165, 1.54) is 4.90 Å². The lowest BCUT2D eigenvalue weighted by Crippen LogP contribution is -1.92. The Balaban J connectivity index is 2.53. The molecule has 0 aliphatic carbocycles. The molecule has 0 spiro atoms. The minimum Gasteiger partial charge on any atom is -0.399 e. The van der Waals surface area contributed by atoms with Crippen LogP contribution in [-0.4, -0.2) is 19.5 Å². The van der Waals surface area contributed by atoms with E-state index in [0.29, 0.717) is 0 Å². The molecule has 0 fully saturated rings. The first-order chi connectivity index (χ1) is 6.24. The van der Waals surface area contributed by atoms with Gasteiger partial charge in [0.2, 0.25) is 0 Å². The summed E-state index contributed by atoms with van der Waals surface area (Å²) >= 11 is 1.79. The van der Waals surface area contributed by atoms with Crippen LogP contribution < -0.4 is 5.73 Å². The maximum atomic E-state index is 5.71. The van der Waals surface area contributed by atoms with Crippen molar-refractivity contribution in [3.8, 4) is 0 Å². The van der Waals surface area contributed by atoms with Crippen molar-refractivity contribution in [1.29, 1.82) is 0 Å². The number of benzene rings is 1. The fourth-order valence-electron chi connectivity index (χ4n) is 0.981. The standard InChI is InChI=1S/C10H15NOS/c1-8-7-9(3-4-10(8)11)13-6-5-12-2/h3-4,7H,5-6,11H2,1-2H3. The molecule has 0 heterocycles. The second-order valence-electron chi connectivity index (χ2n) is 2.86. The summed E-state index contributed by atoms with van der Waals surface area (Å²) in [5, 5.41) is 0. The number of methoxy groups -OCH3 is 1. The predicted octanol–water partition coefficient (Wildman–Crippen LogP) is 2.32. The van der Waals surface area contributed by atoms with Crippen molar-refractivity contribution in [2.45, 2.75) is 11.8 Å². The summed E-state index contributed by atoms with van der Waals surface area (Å²) in [7, 11) is 1.72. The van der Waals surface area contributed by atoms with Gasteiger partial charge in [-0.3, -0.25) is 0 Å². The molecule has 72 valence electrons. The minimum atomic E-state index is 0.786. The van der Waals surface area contributed by atoms with Crippen molar-refractivity contribution < 1.29 is 4.74 Å². The maximum absolute atomic E-state index is 5.71. The lowest BCUT2D eigenvalue weighted by atomic mass is 10.2. The number of ether oxygens (including phenoxy) is 1. The quantitative estimate of drug-likeness (QED) is 0.457. The number of rotatable bonds is 4. The highest BCUT2D eigenvalue weighted by atomic mass is 32.2. The van der Waals surface area contributed by atoms with Crippen LogP contribution in [0.1, 0.15) is 5.56 Å². The fourth-order valence-corrected chi connectivity index (χ4v) is 1.89. The van der Waals surface area contributed by atoms with E-state index in [0.717, 1.165) is 23.6 Å². The molecule has 0 unspecified atom stereocenters. The average molecular weight is 197 g/mol. The van der Waals surface area contributed by atoms with Gasteiger partial charge in [-0.2, -0.15) is 0 Å². The number of hydrogen-bond donors (Lipinski definition) is 1. The normalized spacial score (nSPS) is 10.3. The van der Waals surface area contributed by atoms with Crippen LogP contribution in [-0.2, 0) is 4.74 Å². The summed E-state index contributed by atoms with van der Waals surface area (Å²) in [4.78, 5) is 1.25. The van der Waals surface area contributed by atoms with Gasteiger partial charge >= 0.3 is 0 Å². The summed E-state index contributed by atoms with van der Waals surface area (Å²) < 4.78 is 4.97. The summed E-state index contributed by atoms with van der Waals surface area (Å²) in [6, 6.07) is 6.10. The van der Waals surface area contributed by atoms with Crippen molar-refractivity contribution in [3.63, 3.8) is 0 Å². The largest absolute Gasteiger partial charge is 0.399 e. The molecule has 1 rings (SSSR count). The van der Waals surface area contributed by atoms with Crippen LogP contribution in [0.2, 0.25) is 0 Å². The van der Waals surface area contributed by atoms with Crippen LogP contribution in [0.3, 0.4) is 0 Å². The molecule has 13 heavy (non-hydrogen) atoms. The van der Waals surface area contributed by atoms with Crippen LogP contribution in [0.15, 0.2) is 23.1 Å². The first kappa shape index (κ1) is 10.4. The molecular formula is C10H15NOS. The lowest BCUT2D eigenvalue weighted by molar-refractivity contribution is 0.218. The average Bonchev–Trinajstić information content (AvgIpc) is 2.12. The first-order valence-electron chi connectivity index (χ1n) is 4.22. The Bertz CT molecular complexity index is 276. The molecule has 0 aliphatic heterocycles. The van der Waals surface area contributed by atoms with Gasteiger partial charge in [-0.15, -0.1) is 11.8 Å². The van der Waals surface area contributed by atoms with E-state index < -0.39 is 0 Å². The van der Waals surface area contributed by atoms with E-state index in [1.807, 2.05) is 19.1 Å². The maximum Gasteiger partial charge on any atom is 0.0556 e. The van der Waals surface area contributed by atoms with Gasteiger partial charge in [0.15, 0.2) is 0 Å². The highest BCUT2D eigenvalue weighted by Crippen LogP contribution is 2.21. The molecule has 2 nitrogen and oxygen atoms in total. The smallest absolute Gasteiger partial charge is 0.0556 e. The number of nitrogen functional groups attached to an aromatic ring is 1. The van der Waals surface area contributed by atoms with E-state index in [9.17, 15) is 0 Å². The third kappa shape index (κ3) is 3.28. The second-order valence-corrected chi connectivity index (χ2v) is 4.03. The van der Waals surface area contributed by atoms with Gasteiger partial charge in [-0.1, -0.05) is 0 Å². The SMILES string of the molecule is COCCSc1ccc(N)c(C)c1. The second kappa shape index (κ2) is 5.14. The van der Waals surface area contributed by atoms with Gasteiger partial charge in [0.05, 0.1) is 6.61 Å².